The molecule has 36 heavy (non-hydrogen) atoms. The number of benzene rings is 2. The van der Waals surface area contributed by atoms with Gasteiger partial charge in [0.25, 0.3) is 5.56 Å². The van der Waals surface area contributed by atoms with Crippen LogP contribution in [0.5, 0.6) is 0 Å². The van der Waals surface area contributed by atoms with E-state index < -0.39 is 29.8 Å². The maximum absolute atomic E-state index is 13.2. The summed E-state index contributed by atoms with van der Waals surface area (Å²) in [5.41, 5.74) is 12.6. The lowest BCUT2D eigenvalue weighted by atomic mass is 9.85. The number of rotatable bonds is 11. The smallest absolute Gasteiger partial charge is 0.326 e. The highest BCUT2D eigenvalue weighted by molar-refractivity contribution is 5.81. The second kappa shape index (κ2) is 11.1. The molecule has 0 aliphatic carbocycles. The molecule has 0 saturated heterocycles. The van der Waals surface area contributed by atoms with E-state index in [1.807, 2.05) is 60.7 Å². The van der Waals surface area contributed by atoms with Gasteiger partial charge in [0.2, 0.25) is 5.95 Å². The van der Waals surface area contributed by atoms with Gasteiger partial charge in [-0.15, -0.1) is 0 Å². The molecule has 188 valence electrons. The number of nitrogen functional groups attached to an aromatic ring is 1. The van der Waals surface area contributed by atoms with Crippen molar-refractivity contribution < 1.29 is 19.4 Å². The first-order chi connectivity index (χ1) is 17.4. The molecule has 4 rings (SSSR count). The SMILES string of the molecule is Nc1nc2c(ncn2COC(CO)COC(=O)C(N)(Cc2ccccc2)Cc2ccccc2)c(=O)[nH]1. The molecule has 2 heterocycles. The Balaban J connectivity index is 1.43. The summed E-state index contributed by atoms with van der Waals surface area (Å²) in [7, 11) is 0. The van der Waals surface area contributed by atoms with Crippen LogP contribution in [0.15, 0.2) is 71.8 Å². The minimum atomic E-state index is -1.33. The van der Waals surface area contributed by atoms with Crippen LogP contribution in [0.2, 0.25) is 0 Å². The van der Waals surface area contributed by atoms with Crippen LogP contribution in [0.3, 0.4) is 0 Å². The summed E-state index contributed by atoms with van der Waals surface area (Å²) in [6.45, 7) is -0.734. The number of carbonyl (C=O) groups is 1. The molecule has 0 radical (unpaired) electrons. The van der Waals surface area contributed by atoms with Crippen LogP contribution in [0.1, 0.15) is 11.1 Å². The molecular formula is C25H28N6O5. The Bertz CT molecular complexity index is 1310. The van der Waals surface area contributed by atoms with Gasteiger partial charge in [0.05, 0.1) is 12.9 Å². The number of nitrogens with one attached hydrogen (secondary N) is 1. The second-order valence-electron chi connectivity index (χ2n) is 8.52. The number of aromatic amines is 1. The van der Waals surface area contributed by atoms with E-state index in [1.165, 1.54) is 10.9 Å². The zero-order valence-electron chi connectivity index (χ0n) is 19.5. The molecule has 6 N–H and O–H groups in total. The van der Waals surface area contributed by atoms with Crippen LogP contribution < -0.4 is 17.0 Å². The third-order valence-electron chi connectivity index (χ3n) is 5.68. The molecule has 1 atom stereocenters. The lowest BCUT2D eigenvalue weighted by molar-refractivity contribution is -0.156. The van der Waals surface area contributed by atoms with Gasteiger partial charge in [0.1, 0.15) is 25.0 Å². The minimum Gasteiger partial charge on any atom is -0.461 e. The number of imidazole rings is 1. The van der Waals surface area contributed by atoms with E-state index in [0.717, 1.165) is 11.1 Å². The van der Waals surface area contributed by atoms with Gasteiger partial charge in [0.15, 0.2) is 11.2 Å². The number of aromatic nitrogens is 4. The largest absolute Gasteiger partial charge is 0.461 e. The number of hydrogen-bond donors (Lipinski definition) is 4. The normalized spacial score (nSPS) is 12.5. The van der Waals surface area contributed by atoms with E-state index in [4.69, 9.17) is 20.9 Å². The van der Waals surface area contributed by atoms with E-state index in [-0.39, 0.29) is 43.3 Å². The predicted octanol–water partition coefficient (Wildman–Crippen LogP) is 0.763. The lowest BCUT2D eigenvalue weighted by Crippen LogP contribution is -2.53. The number of hydrogen-bond acceptors (Lipinski definition) is 9. The van der Waals surface area contributed by atoms with Gasteiger partial charge >= 0.3 is 5.97 Å². The molecule has 0 aliphatic rings. The number of H-pyrrole nitrogens is 1. The second-order valence-corrected chi connectivity index (χ2v) is 8.52. The lowest BCUT2D eigenvalue weighted by Gasteiger charge is -2.28. The van der Waals surface area contributed by atoms with Gasteiger partial charge in [-0.1, -0.05) is 60.7 Å². The maximum Gasteiger partial charge on any atom is 0.326 e. The average Bonchev–Trinajstić information content (AvgIpc) is 3.28. The topological polar surface area (TPSA) is 171 Å². The monoisotopic (exact) mass is 492 g/mol. The van der Waals surface area contributed by atoms with Gasteiger partial charge < -0.3 is 26.0 Å². The molecule has 0 bridgehead atoms. The first-order valence-corrected chi connectivity index (χ1v) is 11.3. The summed E-state index contributed by atoms with van der Waals surface area (Å²) in [5, 5.41) is 9.78. The summed E-state index contributed by atoms with van der Waals surface area (Å²) < 4.78 is 12.7. The van der Waals surface area contributed by atoms with Crippen molar-refractivity contribution in [1.29, 1.82) is 0 Å². The molecule has 2 aromatic heterocycles. The Morgan fingerprint density at radius 3 is 2.28 bits per heavy atom. The molecule has 1 unspecified atom stereocenters. The number of aliphatic hydroxyl groups is 1. The van der Waals surface area contributed by atoms with E-state index in [1.54, 1.807) is 0 Å². The van der Waals surface area contributed by atoms with Crippen molar-refractivity contribution in [3.8, 4) is 0 Å². The molecule has 0 aliphatic heterocycles. The van der Waals surface area contributed by atoms with E-state index in [0.29, 0.717) is 0 Å². The van der Waals surface area contributed by atoms with Crippen molar-refractivity contribution in [2.45, 2.75) is 31.2 Å². The van der Waals surface area contributed by atoms with Crippen LogP contribution in [-0.4, -0.2) is 55.5 Å². The highest BCUT2D eigenvalue weighted by atomic mass is 16.6. The van der Waals surface area contributed by atoms with Gasteiger partial charge in [-0.3, -0.25) is 19.1 Å². The molecule has 0 amide bonds. The number of esters is 1. The van der Waals surface area contributed by atoms with E-state index in [9.17, 15) is 14.7 Å². The Hall–Kier alpha value is -4.06. The first-order valence-electron chi connectivity index (χ1n) is 11.3. The zero-order valence-corrected chi connectivity index (χ0v) is 19.5. The molecule has 0 fully saturated rings. The highest BCUT2D eigenvalue weighted by Gasteiger charge is 2.36. The molecule has 0 saturated carbocycles. The average molecular weight is 493 g/mol. The van der Waals surface area contributed by atoms with Gasteiger partial charge in [-0.2, -0.15) is 4.98 Å². The van der Waals surface area contributed by atoms with Crippen molar-refractivity contribution in [1.82, 2.24) is 19.5 Å². The quantitative estimate of drug-likeness (QED) is 0.221. The van der Waals surface area contributed by atoms with E-state index >= 15 is 0 Å². The number of fused-ring (bicyclic) bond motifs is 1. The fourth-order valence-corrected chi connectivity index (χ4v) is 3.84. The summed E-state index contributed by atoms with van der Waals surface area (Å²) in [4.78, 5) is 35.6. The molecular weight excluding hydrogens is 464 g/mol. The Labute approximate surface area is 206 Å². The van der Waals surface area contributed by atoms with Gasteiger partial charge in [-0.05, 0) is 11.1 Å². The van der Waals surface area contributed by atoms with Crippen LogP contribution in [0.25, 0.3) is 11.2 Å². The molecule has 4 aromatic rings. The molecule has 0 spiro atoms. The standard InChI is InChI=1S/C25H28N6O5/c26-24-29-21-20(22(33)30-24)28-15-31(21)16-36-19(13-32)14-35-23(34)25(27,11-17-7-3-1-4-8-17)12-18-9-5-2-6-10-18/h1-10,15,19,32H,11-14,16,27H2,(H3,26,29,30,33). The number of nitrogens with two attached hydrogens (primary N) is 2. The highest BCUT2D eigenvalue weighted by Crippen LogP contribution is 2.19. The van der Waals surface area contributed by atoms with Crippen molar-refractivity contribution in [3.63, 3.8) is 0 Å². The summed E-state index contributed by atoms with van der Waals surface area (Å²) in [6, 6.07) is 18.9. The van der Waals surface area contributed by atoms with Gasteiger partial charge in [0, 0.05) is 12.8 Å². The summed E-state index contributed by atoms with van der Waals surface area (Å²) in [5.74, 6) is -0.663. The van der Waals surface area contributed by atoms with Crippen molar-refractivity contribution in [2.75, 3.05) is 18.9 Å². The third-order valence-corrected chi connectivity index (χ3v) is 5.68. The minimum absolute atomic E-state index is 0.0574. The summed E-state index contributed by atoms with van der Waals surface area (Å²) in [6.07, 6.45) is 1.07. The Kier molecular flexibility index (Phi) is 7.74. The van der Waals surface area contributed by atoms with E-state index in [2.05, 4.69) is 15.0 Å². The number of aliphatic hydroxyl groups excluding tert-OH is 1. The van der Waals surface area contributed by atoms with Crippen LogP contribution in [0.4, 0.5) is 5.95 Å². The summed E-state index contributed by atoms with van der Waals surface area (Å²) >= 11 is 0. The first kappa shape index (κ1) is 25.0. The molecule has 2 aromatic carbocycles. The van der Waals surface area contributed by atoms with Crippen LogP contribution >= 0.6 is 0 Å². The van der Waals surface area contributed by atoms with Crippen LogP contribution in [-0.2, 0) is 33.8 Å². The maximum atomic E-state index is 13.2. The number of ether oxygens (including phenoxy) is 2. The van der Waals surface area contributed by atoms with Crippen molar-refractivity contribution in [2.24, 2.45) is 5.73 Å². The van der Waals surface area contributed by atoms with Gasteiger partial charge in [-0.25, -0.2) is 4.98 Å². The van der Waals surface area contributed by atoms with Crippen molar-refractivity contribution in [3.05, 3.63) is 88.5 Å². The predicted molar refractivity (Wildman–Crippen MR) is 133 cm³/mol. The molecule has 11 nitrogen and oxygen atoms in total. The fourth-order valence-electron chi connectivity index (χ4n) is 3.84. The Morgan fingerprint density at radius 2 is 1.69 bits per heavy atom. The number of carbonyl (C=O) groups excluding carboxylic acids is 1. The third kappa shape index (κ3) is 5.95. The van der Waals surface area contributed by atoms with Crippen LogP contribution in [0, 0.1) is 0 Å². The number of anilines is 1. The number of nitrogens with zero attached hydrogens (tertiary/aromatic N) is 3. The zero-order chi connectivity index (χ0) is 25.5. The Morgan fingerprint density at radius 1 is 1.08 bits per heavy atom. The fraction of sp³-hybridized carbons (Fsp3) is 0.280. The molecule has 11 heteroatoms. The van der Waals surface area contributed by atoms with Crippen molar-refractivity contribution >= 4 is 23.1 Å².